The highest BCUT2D eigenvalue weighted by Crippen LogP contribution is 2.06. The SMILES string of the molecule is CCCc1nc(Cl)nc(NCCO)n1. The number of nitrogens with zero attached hydrogens (tertiary/aromatic N) is 3. The molecule has 0 radical (unpaired) electrons. The van der Waals surface area contributed by atoms with Gasteiger partial charge in [0, 0.05) is 13.0 Å². The van der Waals surface area contributed by atoms with Crippen LogP contribution in [-0.2, 0) is 6.42 Å². The molecular formula is C8H13ClN4O. The van der Waals surface area contributed by atoms with E-state index in [2.05, 4.69) is 20.3 Å². The number of anilines is 1. The fourth-order valence-corrected chi connectivity index (χ4v) is 1.15. The molecule has 0 amide bonds. The van der Waals surface area contributed by atoms with E-state index in [9.17, 15) is 0 Å². The first kappa shape index (κ1) is 11.1. The van der Waals surface area contributed by atoms with Crippen molar-refractivity contribution in [2.75, 3.05) is 18.5 Å². The van der Waals surface area contributed by atoms with Crippen LogP contribution in [-0.4, -0.2) is 33.2 Å². The maximum Gasteiger partial charge on any atom is 0.227 e. The van der Waals surface area contributed by atoms with Crippen LogP contribution < -0.4 is 5.32 Å². The minimum absolute atomic E-state index is 0.0341. The number of aryl methyl sites for hydroxylation is 1. The van der Waals surface area contributed by atoms with Crippen LogP contribution in [0, 0.1) is 0 Å². The quantitative estimate of drug-likeness (QED) is 0.765. The van der Waals surface area contributed by atoms with Crippen LogP contribution in [0.15, 0.2) is 0 Å². The molecule has 14 heavy (non-hydrogen) atoms. The molecule has 0 saturated carbocycles. The summed E-state index contributed by atoms with van der Waals surface area (Å²) in [5.74, 6) is 1.09. The van der Waals surface area contributed by atoms with E-state index in [0.29, 0.717) is 18.3 Å². The summed E-state index contributed by atoms with van der Waals surface area (Å²) in [7, 11) is 0. The van der Waals surface area contributed by atoms with Crippen LogP contribution >= 0.6 is 11.6 Å². The topological polar surface area (TPSA) is 70.9 Å². The predicted molar refractivity (Wildman–Crippen MR) is 54.4 cm³/mol. The van der Waals surface area contributed by atoms with Crippen molar-refractivity contribution in [3.05, 3.63) is 11.1 Å². The van der Waals surface area contributed by atoms with Gasteiger partial charge in [-0.3, -0.25) is 0 Å². The zero-order chi connectivity index (χ0) is 10.4. The van der Waals surface area contributed by atoms with Crippen molar-refractivity contribution in [1.82, 2.24) is 15.0 Å². The monoisotopic (exact) mass is 216 g/mol. The lowest BCUT2D eigenvalue weighted by Gasteiger charge is -2.04. The third-order valence-electron chi connectivity index (χ3n) is 1.52. The Hall–Kier alpha value is -0.940. The van der Waals surface area contributed by atoms with E-state index < -0.39 is 0 Å². The Morgan fingerprint density at radius 2 is 2.14 bits per heavy atom. The zero-order valence-electron chi connectivity index (χ0n) is 8.00. The number of hydrogen-bond acceptors (Lipinski definition) is 5. The molecule has 0 fully saturated rings. The maximum absolute atomic E-state index is 8.60. The lowest BCUT2D eigenvalue weighted by molar-refractivity contribution is 0.310. The number of hydrogen-bond donors (Lipinski definition) is 2. The summed E-state index contributed by atoms with van der Waals surface area (Å²) in [6.45, 7) is 2.48. The second-order valence-electron chi connectivity index (χ2n) is 2.74. The molecule has 1 rings (SSSR count). The van der Waals surface area contributed by atoms with Crippen molar-refractivity contribution in [3.63, 3.8) is 0 Å². The molecule has 0 bridgehead atoms. The molecule has 5 nitrogen and oxygen atoms in total. The smallest absolute Gasteiger partial charge is 0.227 e. The van der Waals surface area contributed by atoms with Gasteiger partial charge in [0.2, 0.25) is 11.2 Å². The lowest BCUT2D eigenvalue weighted by atomic mass is 10.3. The number of nitrogens with one attached hydrogen (secondary N) is 1. The van der Waals surface area contributed by atoms with Crippen molar-refractivity contribution in [1.29, 1.82) is 0 Å². The molecule has 0 atom stereocenters. The maximum atomic E-state index is 8.60. The summed E-state index contributed by atoms with van der Waals surface area (Å²) in [4.78, 5) is 12.0. The summed E-state index contributed by atoms with van der Waals surface area (Å²) < 4.78 is 0. The van der Waals surface area contributed by atoms with Gasteiger partial charge in [0.05, 0.1) is 6.61 Å². The van der Waals surface area contributed by atoms with Crippen LogP contribution in [0.4, 0.5) is 5.95 Å². The number of rotatable bonds is 5. The molecule has 6 heteroatoms. The molecule has 1 heterocycles. The van der Waals surface area contributed by atoms with Crippen molar-refractivity contribution < 1.29 is 5.11 Å². The molecule has 1 aromatic heterocycles. The molecule has 78 valence electrons. The highest BCUT2D eigenvalue weighted by molar-refractivity contribution is 6.28. The fourth-order valence-electron chi connectivity index (χ4n) is 0.973. The van der Waals surface area contributed by atoms with E-state index in [1.54, 1.807) is 0 Å². The minimum Gasteiger partial charge on any atom is -0.395 e. The van der Waals surface area contributed by atoms with Crippen LogP contribution in [0.25, 0.3) is 0 Å². The summed E-state index contributed by atoms with van der Waals surface area (Å²) in [5.41, 5.74) is 0. The number of aliphatic hydroxyl groups is 1. The van der Waals surface area contributed by atoms with Gasteiger partial charge in [-0.2, -0.15) is 9.97 Å². The van der Waals surface area contributed by atoms with Gasteiger partial charge in [-0.05, 0) is 18.0 Å². The fraction of sp³-hybridized carbons (Fsp3) is 0.625. The van der Waals surface area contributed by atoms with Crippen LogP contribution in [0.2, 0.25) is 5.28 Å². The molecule has 0 aromatic carbocycles. The average molecular weight is 217 g/mol. The third kappa shape index (κ3) is 3.43. The van der Waals surface area contributed by atoms with Crippen molar-refractivity contribution in [2.24, 2.45) is 0 Å². The normalized spacial score (nSPS) is 10.2. The second-order valence-corrected chi connectivity index (χ2v) is 3.08. The first-order chi connectivity index (χ1) is 6.76. The van der Waals surface area contributed by atoms with Crippen molar-refractivity contribution in [3.8, 4) is 0 Å². The van der Waals surface area contributed by atoms with Gasteiger partial charge in [-0.25, -0.2) is 4.98 Å². The average Bonchev–Trinajstić information content (AvgIpc) is 2.14. The van der Waals surface area contributed by atoms with E-state index in [4.69, 9.17) is 16.7 Å². The second kappa shape index (κ2) is 5.72. The summed E-state index contributed by atoms with van der Waals surface area (Å²) >= 11 is 5.70. The number of halogens is 1. The van der Waals surface area contributed by atoms with Gasteiger partial charge < -0.3 is 10.4 Å². The van der Waals surface area contributed by atoms with Crippen LogP contribution in [0.5, 0.6) is 0 Å². The van der Waals surface area contributed by atoms with Gasteiger partial charge in [-0.1, -0.05) is 6.92 Å². The Morgan fingerprint density at radius 1 is 1.36 bits per heavy atom. The van der Waals surface area contributed by atoms with E-state index in [0.717, 1.165) is 12.8 Å². The summed E-state index contributed by atoms with van der Waals surface area (Å²) in [6, 6.07) is 0. The molecule has 0 spiro atoms. The van der Waals surface area contributed by atoms with E-state index in [1.165, 1.54) is 0 Å². The molecule has 0 aliphatic carbocycles. The highest BCUT2D eigenvalue weighted by Gasteiger charge is 2.03. The molecule has 1 aromatic rings. The minimum atomic E-state index is 0.0341. The molecule has 0 aliphatic rings. The highest BCUT2D eigenvalue weighted by atomic mass is 35.5. The Labute approximate surface area is 87.6 Å². The molecule has 2 N–H and O–H groups in total. The van der Waals surface area contributed by atoms with Crippen LogP contribution in [0.1, 0.15) is 19.2 Å². The van der Waals surface area contributed by atoms with Gasteiger partial charge in [0.1, 0.15) is 5.82 Å². The molecule has 0 saturated heterocycles. The van der Waals surface area contributed by atoms with Gasteiger partial charge >= 0.3 is 0 Å². The Balaban J connectivity index is 2.73. The van der Waals surface area contributed by atoms with Crippen molar-refractivity contribution >= 4 is 17.5 Å². The van der Waals surface area contributed by atoms with Gasteiger partial charge in [0.15, 0.2) is 0 Å². The van der Waals surface area contributed by atoms with E-state index in [1.807, 2.05) is 6.92 Å². The summed E-state index contributed by atoms with van der Waals surface area (Å²) in [6.07, 6.45) is 1.73. The first-order valence-corrected chi connectivity index (χ1v) is 4.89. The molecular weight excluding hydrogens is 204 g/mol. The van der Waals surface area contributed by atoms with Crippen LogP contribution in [0.3, 0.4) is 0 Å². The number of aliphatic hydroxyl groups excluding tert-OH is 1. The first-order valence-electron chi connectivity index (χ1n) is 4.51. The largest absolute Gasteiger partial charge is 0.395 e. The van der Waals surface area contributed by atoms with Gasteiger partial charge in [0.25, 0.3) is 0 Å². The Bertz CT molecular complexity index is 295. The zero-order valence-corrected chi connectivity index (χ0v) is 8.75. The Kier molecular flexibility index (Phi) is 4.55. The predicted octanol–water partition coefficient (Wildman–Crippen LogP) is 0.882. The number of aromatic nitrogens is 3. The molecule has 0 unspecified atom stereocenters. The van der Waals surface area contributed by atoms with E-state index >= 15 is 0 Å². The van der Waals surface area contributed by atoms with E-state index in [-0.39, 0.29) is 11.9 Å². The van der Waals surface area contributed by atoms with Crippen molar-refractivity contribution in [2.45, 2.75) is 19.8 Å². The standard InChI is InChI=1S/C8H13ClN4O/c1-2-3-6-11-7(9)13-8(12-6)10-4-5-14/h14H,2-5H2,1H3,(H,10,11,12,13). The lowest BCUT2D eigenvalue weighted by Crippen LogP contribution is -2.10. The molecule has 0 aliphatic heterocycles. The summed E-state index contributed by atoms with van der Waals surface area (Å²) in [5, 5.41) is 11.6. The Morgan fingerprint density at radius 3 is 2.79 bits per heavy atom. The third-order valence-corrected chi connectivity index (χ3v) is 1.69. The van der Waals surface area contributed by atoms with Gasteiger partial charge in [-0.15, -0.1) is 0 Å².